The molecule has 22 heavy (non-hydrogen) atoms. The Labute approximate surface area is 135 Å². The maximum atomic E-state index is 13.9. The molecule has 2 aromatic rings. The Bertz CT molecular complexity index is 657. The molecule has 0 radical (unpaired) electrons. The molecule has 120 valence electrons. The molecule has 1 heterocycles. The van der Waals surface area contributed by atoms with Gasteiger partial charge < -0.3 is 5.73 Å². The number of nitrogens with zero attached hydrogens (tertiary/aromatic N) is 1. The monoisotopic (exact) mass is 354 g/mol. The van der Waals surface area contributed by atoms with Crippen LogP contribution in [0.4, 0.5) is 17.6 Å². The van der Waals surface area contributed by atoms with Gasteiger partial charge in [0.1, 0.15) is 22.4 Å². The first kappa shape index (κ1) is 18.7. The number of aromatic nitrogens is 1. The molecule has 2 nitrogen and oxygen atoms in total. The second-order valence-electron chi connectivity index (χ2n) is 4.61. The van der Waals surface area contributed by atoms with Gasteiger partial charge in [-0.15, -0.1) is 12.4 Å². The first-order valence-corrected chi connectivity index (χ1v) is 6.33. The van der Waals surface area contributed by atoms with Crippen molar-refractivity contribution in [1.29, 1.82) is 0 Å². The van der Waals surface area contributed by atoms with Crippen molar-refractivity contribution in [1.82, 2.24) is 4.98 Å². The summed E-state index contributed by atoms with van der Waals surface area (Å²) in [5.41, 5.74) is 5.69. The molecule has 0 saturated heterocycles. The minimum Gasteiger partial charge on any atom is -0.320 e. The number of benzene rings is 1. The third-order valence-corrected chi connectivity index (χ3v) is 3.34. The quantitative estimate of drug-likeness (QED) is 0.646. The van der Waals surface area contributed by atoms with Crippen LogP contribution in [0.5, 0.6) is 0 Å². The van der Waals surface area contributed by atoms with Gasteiger partial charge in [0.05, 0.1) is 6.04 Å². The zero-order valence-corrected chi connectivity index (χ0v) is 12.9. The second-order valence-corrected chi connectivity index (χ2v) is 4.99. The normalized spacial score (nSPS) is 12.7. The summed E-state index contributed by atoms with van der Waals surface area (Å²) in [5, 5.41) is -0.660. The SMILES string of the molecule is CC(F)(F)c1ccc(C(N)c2ccc(F)c(Cl)c2F)cn1.Cl. The Morgan fingerprint density at radius 3 is 2.32 bits per heavy atom. The highest BCUT2D eigenvalue weighted by Gasteiger charge is 2.26. The first-order chi connectivity index (χ1) is 9.71. The van der Waals surface area contributed by atoms with Crippen LogP contribution in [-0.4, -0.2) is 4.98 Å². The molecular weight excluding hydrogens is 343 g/mol. The lowest BCUT2D eigenvalue weighted by Gasteiger charge is -2.15. The lowest BCUT2D eigenvalue weighted by molar-refractivity contribution is 0.0127. The van der Waals surface area contributed by atoms with Crippen LogP contribution in [0.1, 0.15) is 29.8 Å². The van der Waals surface area contributed by atoms with E-state index in [9.17, 15) is 17.6 Å². The maximum absolute atomic E-state index is 13.9. The van der Waals surface area contributed by atoms with Gasteiger partial charge in [0.2, 0.25) is 0 Å². The van der Waals surface area contributed by atoms with Crippen LogP contribution in [0, 0.1) is 11.6 Å². The largest absolute Gasteiger partial charge is 0.320 e. The summed E-state index contributed by atoms with van der Waals surface area (Å²) < 4.78 is 53.1. The zero-order chi connectivity index (χ0) is 15.8. The van der Waals surface area contributed by atoms with Crippen LogP contribution in [0.3, 0.4) is 0 Å². The number of hydrogen-bond acceptors (Lipinski definition) is 2. The molecule has 2 N–H and O–H groups in total. The molecule has 1 aromatic carbocycles. The number of hydrogen-bond donors (Lipinski definition) is 1. The summed E-state index contributed by atoms with van der Waals surface area (Å²) in [7, 11) is 0. The molecule has 1 atom stereocenters. The Kier molecular flexibility index (Phi) is 5.78. The highest BCUT2D eigenvalue weighted by molar-refractivity contribution is 6.30. The Morgan fingerprint density at radius 1 is 1.18 bits per heavy atom. The Balaban J connectivity index is 0.00000242. The highest BCUT2D eigenvalue weighted by atomic mass is 35.5. The van der Waals surface area contributed by atoms with Crippen LogP contribution in [0.25, 0.3) is 0 Å². The molecule has 8 heteroatoms. The Morgan fingerprint density at radius 2 is 1.82 bits per heavy atom. The summed E-state index contributed by atoms with van der Waals surface area (Å²) in [6, 6.07) is 3.58. The van der Waals surface area contributed by atoms with Crippen molar-refractivity contribution in [3.05, 3.63) is 63.9 Å². The molecule has 0 aliphatic heterocycles. The van der Waals surface area contributed by atoms with E-state index in [1.165, 1.54) is 6.07 Å². The first-order valence-electron chi connectivity index (χ1n) is 5.95. The lowest BCUT2D eigenvalue weighted by Crippen LogP contribution is -2.16. The van der Waals surface area contributed by atoms with Gasteiger partial charge in [0, 0.05) is 18.7 Å². The van der Waals surface area contributed by atoms with E-state index < -0.39 is 34.3 Å². The van der Waals surface area contributed by atoms with Crippen molar-refractivity contribution >= 4 is 24.0 Å². The number of rotatable bonds is 3. The Hall–Kier alpha value is -1.37. The fourth-order valence-corrected chi connectivity index (χ4v) is 1.98. The van der Waals surface area contributed by atoms with Gasteiger partial charge in [-0.3, -0.25) is 4.98 Å². The zero-order valence-electron chi connectivity index (χ0n) is 11.3. The average Bonchev–Trinajstić information content (AvgIpc) is 2.43. The van der Waals surface area contributed by atoms with Crippen molar-refractivity contribution in [2.24, 2.45) is 5.73 Å². The van der Waals surface area contributed by atoms with E-state index in [-0.39, 0.29) is 18.0 Å². The van der Waals surface area contributed by atoms with Gasteiger partial charge in [-0.2, -0.15) is 8.78 Å². The number of nitrogens with two attached hydrogens (primary N) is 1. The molecule has 0 spiro atoms. The topological polar surface area (TPSA) is 38.9 Å². The molecular formula is C14H12Cl2F4N2. The van der Waals surface area contributed by atoms with Gasteiger partial charge >= 0.3 is 0 Å². The third-order valence-electron chi connectivity index (χ3n) is 3.00. The standard InChI is InChI=1S/C14H11ClF4N2.ClH/c1-14(18,19)10-5-2-7(6-21-10)13(20)8-3-4-9(16)11(15)12(8)17;/h2-6,13H,20H2,1H3;1H. The number of pyridine rings is 1. The van der Waals surface area contributed by atoms with Gasteiger partial charge in [-0.1, -0.05) is 23.7 Å². The number of halogens is 6. The summed E-state index contributed by atoms with van der Waals surface area (Å²) in [6.07, 6.45) is 1.13. The fourth-order valence-electron chi connectivity index (χ4n) is 1.81. The predicted molar refractivity (Wildman–Crippen MR) is 78.5 cm³/mol. The lowest BCUT2D eigenvalue weighted by atomic mass is 10.00. The van der Waals surface area contributed by atoms with Crippen molar-refractivity contribution in [2.45, 2.75) is 18.9 Å². The van der Waals surface area contributed by atoms with Crippen LogP contribution < -0.4 is 5.73 Å². The molecule has 0 aliphatic carbocycles. The van der Waals surface area contributed by atoms with E-state index in [0.29, 0.717) is 12.5 Å². The summed E-state index contributed by atoms with van der Waals surface area (Å²) >= 11 is 5.48. The minimum absolute atomic E-state index is 0. The smallest absolute Gasteiger partial charge is 0.286 e. The number of alkyl halides is 2. The molecule has 0 amide bonds. The third kappa shape index (κ3) is 3.69. The maximum Gasteiger partial charge on any atom is 0.286 e. The molecule has 0 saturated carbocycles. The van der Waals surface area contributed by atoms with Gasteiger partial charge in [0.15, 0.2) is 0 Å². The molecule has 1 aromatic heterocycles. The van der Waals surface area contributed by atoms with Crippen LogP contribution in [0.2, 0.25) is 5.02 Å². The predicted octanol–water partition coefficient (Wildman–Crippen LogP) is 4.59. The van der Waals surface area contributed by atoms with E-state index in [1.807, 2.05) is 0 Å². The van der Waals surface area contributed by atoms with Crippen LogP contribution >= 0.6 is 24.0 Å². The van der Waals surface area contributed by atoms with E-state index in [2.05, 4.69) is 4.98 Å². The van der Waals surface area contributed by atoms with E-state index in [4.69, 9.17) is 17.3 Å². The summed E-state index contributed by atoms with van der Waals surface area (Å²) in [6.45, 7) is 0.717. The minimum atomic E-state index is -3.08. The van der Waals surface area contributed by atoms with E-state index in [1.54, 1.807) is 0 Å². The van der Waals surface area contributed by atoms with Gasteiger partial charge in [-0.25, -0.2) is 8.78 Å². The van der Waals surface area contributed by atoms with Crippen molar-refractivity contribution in [2.75, 3.05) is 0 Å². The molecule has 0 aliphatic rings. The molecule has 0 bridgehead atoms. The van der Waals surface area contributed by atoms with Gasteiger partial charge in [0.25, 0.3) is 5.92 Å². The second kappa shape index (κ2) is 6.81. The summed E-state index contributed by atoms with van der Waals surface area (Å²) in [4.78, 5) is 3.61. The average molecular weight is 355 g/mol. The van der Waals surface area contributed by atoms with E-state index >= 15 is 0 Å². The van der Waals surface area contributed by atoms with Gasteiger partial charge in [-0.05, 0) is 17.7 Å². The van der Waals surface area contributed by atoms with Crippen LogP contribution in [0.15, 0.2) is 30.5 Å². The van der Waals surface area contributed by atoms with Crippen molar-refractivity contribution < 1.29 is 17.6 Å². The van der Waals surface area contributed by atoms with Crippen molar-refractivity contribution in [3.63, 3.8) is 0 Å². The fraction of sp³-hybridized carbons (Fsp3) is 0.214. The molecule has 0 fully saturated rings. The van der Waals surface area contributed by atoms with Crippen molar-refractivity contribution in [3.8, 4) is 0 Å². The highest BCUT2D eigenvalue weighted by Crippen LogP contribution is 2.30. The molecule has 1 unspecified atom stereocenters. The van der Waals surface area contributed by atoms with Crippen LogP contribution in [-0.2, 0) is 5.92 Å². The molecule has 2 rings (SSSR count). The summed E-state index contributed by atoms with van der Waals surface area (Å²) in [5.74, 6) is -4.95. The van der Waals surface area contributed by atoms with E-state index in [0.717, 1.165) is 24.4 Å².